The highest BCUT2D eigenvalue weighted by molar-refractivity contribution is 6.79. The molecule has 4 nitrogen and oxygen atoms in total. The number of carbonyl (C=O) groups excluding carboxylic acids is 2. The molecule has 0 aliphatic heterocycles. The Bertz CT molecular complexity index is 726. The summed E-state index contributed by atoms with van der Waals surface area (Å²) < 4.78 is 0. The fourth-order valence-electron chi connectivity index (χ4n) is 2.11. The van der Waals surface area contributed by atoms with Crippen molar-refractivity contribution in [2.24, 2.45) is 0 Å². The van der Waals surface area contributed by atoms with Crippen molar-refractivity contribution < 1.29 is 9.59 Å². The molecule has 0 unspecified atom stereocenters. The van der Waals surface area contributed by atoms with Crippen LogP contribution in [0.25, 0.3) is 11.6 Å². The number of ketones is 2. The fourth-order valence-corrected chi connectivity index (χ4v) is 2.11. The number of nitrogens with one attached hydrogen (secondary N) is 2. The Kier molecular flexibility index (Phi) is 1.45. The molecule has 0 atom stereocenters. The molecule has 0 fully saturated rings. The van der Waals surface area contributed by atoms with Crippen LogP contribution in [-0.2, 0) is 4.79 Å². The molecule has 1 aromatic rings. The van der Waals surface area contributed by atoms with Crippen LogP contribution in [0, 0.1) is 10.8 Å². The average Bonchev–Trinajstić information content (AvgIpc) is 2.52. The van der Waals surface area contributed by atoms with Gasteiger partial charge in [-0.1, -0.05) is 18.2 Å². The summed E-state index contributed by atoms with van der Waals surface area (Å²) in [6.07, 6.45) is 1.51. The van der Waals surface area contributed by atoms with Crippen LogP contribution in [0.4, 0.5) is 0 Å². The van der Waals surface area contributed by atoms with Gasteiger partial charge in [0.2, 0.25) is 11.6 Å². The van der Waals surface area contributed by atoms with Gasteiger partial charge in [0.25, 0.3) is 0 Å². The quantitative estimate of drug-likeness (QED) is 0.562. The van der Waals surface area contributed by atoms with E-state index in [0.717, 1.165) is 0 Å². The van der Waals surface area contributed by atoms with Crippen LogP contribution >= 0.6 is 0 Å². The minimum Gasteiger partial charge on any atom is -0.299 e. The summed E-state index contributed by atoms with van der Waals surface area (Å²) in [6, 6.07) is 5.01. The fraction of sp³-hybridized carbons (Fsp3) is 0. The largest absolute Gasteiger partial charge is 0.299 e. The second kappa shape index (κ2) is 2.61. The number of hydrogen-bond acceptors (Lipinski definition) is 4. The van der Waals surface area contributed by atoms with Crippen LogP contribution in [0.1, 0.15) is 10.4 Å². The summed E-state index contributed by atoms with van der Waals surface area (Å²) >= 11 is 0. The minimum absolute atomic E-state index is 0.0253. The summed E-state index contributed by atoms with van der Waals surface area (Å²) in [7, 11) is 0. The molecule has 4 heteroatoms. The van der Waals surface area contributed by atoms with Gasteiger partial charge in [-0.2, -0.15) is 0 Å². The molecule has 0 spiro atoms. The molecule has 0 saturated carbocycles. The van der Waals surface area contributed by atoms with E-state index in [1.807, 2.05) is 0 Å². The zero-order valence-corrected chi connectivity index (χ0v) is 8.13. The molecule has 2 N–H and O–H groups in total. The predicted molar refractivity (Wildman–Crippen MR) is 58.4 cm³/mol. The van der Waals surface area contributed by atoms with Gasteiger partial charge >= 0.3 is 0 Å². The molecular weight excluding hydrogens is 204 g/mol. The first-order valence-corrected chi connectivity index (χ1v) is 4.73. The van der Waals surface area contributed by atoms with Gasteiger partial charge in [0, 0.05) is 10.8 Å². The van der Waals surface area contributed by atoms with Crippen LogP contribution in [-0.4, -0.2) is 23.0 Å². The van der Waals surface area contributed by atoms with E-state index in [4.69, 9.17) is 10.8 Å². The van der Waals surface area contributed by atoms with Gasteiger partial charge in [-0.25, -0.2) is 0 Å². The van der Waals surface area contributed by atoms with E-state index in [1.54, 1.807) is 18.2 Å². The maximum atomic E-state index is 11.7. The molecule has 0 saturated heterocycles. The maximum Gasteiger partial charge on any atom is 0.236 e. The molecular formula is C12H6N2O2. The van der Waals surface area contributed by atoms with E-state index in [0.29, 0.717) is 16.0 Å². The summed E-state index contributed by atoms with van der Waals surface area (Å²) in [4.78, 5) is 23.3. The van der Waals surface area contributed by atoms with E-state index in [9.17, 15) is 9.59 Å². The summed E-state index contributed by atoms with van der Waals surface area (Å²) in [5.74, 6) is -1.23. The minimum atomic E-state index is -0.662. The second-order valence-corrected chi connectivity index (χ2v) is 3.74. The number of hydrogen-bond donors (Lipinski definition) is 2. The number of Topliss-reactive ketones (excluding diaryl/α,β-unsaturated/α-hetero) is 2. The Hall–Kier alpha value is -2.36. The summed E-state index contributed by atoms with van der Waals surface area (Å²) in [5, 5.41) is 16.4. The molecule has 0 radical (unpaired) electrons. The van der Waals surface area contributed by atoms with Gasteiger partial charge < -0.3 is 0 Å². The highest BCUT2D eigenvalue weighted by Gasteiger charge is 2.35. The smallest absolute Gasteiger partial charge is 0.236 e. The first kappa shape index (κ1) is 8.91. The average molecular weight is 210 g/mol. The van der Waals surface area contributed by atoms with Gasteiger partial charge in [-0.15, -0.1) is 0 Å². The number of rotatable bonds is 0. The van der Waals surface area contributed by atoms with Crippen LogP contribution in [0.3, 0.4) is 0 Å². The molecule has 0 heterocycles. The van der Waals surface area contributed by atoms with Crippen molar-refractivity contribution in [2.75, 3.05) is 0 Å². The number of carbonyl (C=O) groups is 2. The van der Waals surface area contributed by atoms with E-state index >= 15 is 0 Å². The lowest BCUT2D eigenvalue weighted by molar-refractivity contribution is -0.109. The Labute approximate surface area is 89.9 Å². The van der Waals surface area contributed by atoms with Crippen molar-refractivity contribution in [2.45, 2.75) is 0 Å². The third-order valence-corrected chi connectivity index (χ3v) is 2.84. The summed E-state index contributed by atoms with van der Waals surface area (Å²) in [5.41, 5.74) is 0.257. The van der Waals surface area contributed by atoms with Gasteiger partial charge in [0.1, 0.15) is 0 Å². The Morgan fingerprint density at radius 3 is 2.50 bits per heavy atom. The summed E-state index contributed by atoms with van der Waals surface area (Å²) in [6.45, 7) is 0. The first-order chi connectivity index (χ1) is 7.61. The van der Waals surface area contributed by atoms with E-state index in [2.05, 4.69) is 0 Å². The van der Waals surface area contributed by atoms with E-state index in [1.165, 1.54) is 6.08 Å². The Morgan fingerprint density at radius 1 is 1.00 bits per heavy atom. The standard InChI is InChI=1S/C12H6N2O2/c13-7-4-5-2-1-3-6-8(5)9(10(7)14)12(16)11(6)15/h1-4,13-14H. The topological polar surface area (TPSA) is 81.8 Å². The normalized spacial score (nSPS) is 17.6. The SMILES string of the molecule is N=C1C=c2cccc3c2=C(C1=N)C(=O)C3=O. The van der Waals surface area contributed by atoms with Gasteiger partial charge in [-0.3, -0.25) is 20.4 Å². The highest BCUT2D eigenvalue weighted by atomic mass is 16.2. The second-order valence-electron chi connectivity index (χ2n) is 3.74. The van der Waals surface area contributed by atoms with Crippen molar-refractivity contribution in [1.82, 2.24) is 0 Å². The van der Waals surface area contributed by atoms with Gasteiger partial charge in [0.15, 0.2) is 0 Å². The van der Waals surface area contributed by atoms with E-state index in [-0.39, 0.29) is 17.0 Å². The lowest BCUT2D eigenvalue weighted by Crippen LogP contribution is -2.37. The lowest BCUT2D eigenvalue weighted by Gasteiger charge is -2.06. The molecule has 2 aliphatic carbocycles. The van der Waals surface area contributed by atoms with Crippen LogP contribution < -0.4 is 10.4 Å². The van der Waals surface area contributed by atoms with Crippen LogP contribution in [0.2, 0.25) is 0 Å². The lowest BCUT2D eigenvalue weighted by atomic mass is 9.97. The molecule has 0 bridgehead atoms. The molecule has 0 amide bonds. The molecule has 76 valence electrons. The predicted octanol–water partition coefficient (Wildman–Crippen LogP) is -0.564. The van der Waals surface area contributed by atoms with E-state index < -0.39 is 11.6 Å². The molecule has 3 rings (SSSR count). The molecule has 2 aliphatic rings. The molecule has 16 heavy (non-hydrogen) atoms. The molecule has 1 aromatic carbocycles. The van der Waals surface area contributed by atoms with Crippen molar-refractivity contribution >= 4 is 34.6 Å². The van der Waals surface area contributed by atoms with Crippen LogP contribution in [0.15, 0.2) is 18.2 Å². The monoisotopic (exact) mass is 210 g/mol. The molecule has 0 aromatic heterocycles. The Balaban J connectivity index is 2.64. The highest BCUT2D eigenvalue weighted by Crippen LogP contribution is 2.13. The van der Waals surface area contributed by atoms with Crippen molar-refractivity contribution in [3.05, 3.63) is 34.2 Å². The maximum absolute atomic E-state index is 11.7. The zero-order valence-electron chi connectivity index (χ0n) is 8.13. The van der Waals surface area contributed by atoms with Crippen molar-refractivity contribution in [3.63, 3.8) is 0 Å². The van der Waals surface area contributed by atoms with Crippen molar-refractivity contribution in [3.8, 4) is 0 Å². The van der Waals surface area contributed by atoms with Gasteiger partial charge in [0.05, 0.1) is 17.0 Å². The van der Waals surface area contributed by atoms with Crippen molar-refractivity contribution in [1.29, 1.82) is 10.8 Å². The van der Waals surface area contributed by atoms with Gasteiger partial charge in [-0.05, 0) is 11.3 Å². The third-order valence-electron chi connectivity index (χ3n) is 2.84. The van der Waals surface area contributed by atoms with Crippen LogP contribution in [0.5, 0.6) is 0 Å². The zero-order chi connectivity index (χ0) is 11.4. The Morgan fingerprint density at radius 2 is 1.75 bits per heavy atom. The number of benzene rings is 1. The third kappa shape index (κ3) is 0.839. The first-order valence-electron chi connectivity index (χ1n) is 4.73.